The van der Waals surface area contributed by atoms with Crippen molar-refractivity contribution in [2.75, 3.05) is 0 Å². The monoisotopic (exact) mass is 302 g/mol. The smallest absolute Gasteiger partial charge is 0.281 e. The van der Waals surface area contributed by atoms with Gasteiger partial charge in [-0.3, -0.25) is 9.54 Å². The molecule has 3 aromatic rings. The van der Waals surface area contributed by atoms with Gasteiger partial charge in [0.1, 0.15) is 0 Å². The van der Waals surface area contributed by atoms with E-state index in [0.29, 0.717) is 5.69 Å². The van der Waals surface area contributed by atoms with Crippen LogP contribution in [0.2, 0.25) is 0 Å². The van der Waals surface area contributed by atoms with Gasteiger partial charge < -0.3 is 0 Å². The molecule has 0 bridgehead atoms. The van der Waals surface area contributed by atoms with Crippen molar-refractivity contribution in [2.45, 2.75) is 5.88 Å². The van der Waals surface area contributed by atoms with Crippen LogP contribution < -0.4 is 4.57 Å². The molecule has 21 heavy (non-hydrogen) atoms. The topological polar surface area (TPSA) is 84.0 Å². The van der Waals surface area contributed by atoms with Gasteiger partial charge in [0.05, 0.1) is 22.9 Å². The summed E-state index contributed by atoms with van der Waals surface area (Å²) in [6, 6.07) is 11.0. The van der Waals surface area contributed by atoms with E-state index in [4.69, 9.17) is 4.55 Å². The van der Waals surface area contributed by atoms with Crippen molar-refractivity contribution in [1.82, 2.24) is 9.97 Å². The van der Waals surface area contributed by atoms with Gasteiger partial charge in [-0.05, 0) is 12.1 Å². The standard InChI is InChI=1S/C14H11N3O3S/c18-21(19,20)10-17-7-5-11(6-8-17)14-9-15-12-3-1-2-4-13(12)16-14/h1-9H,10H2/p+1. The highest BCUT2D eigenvalue weighted by atomic mass is 32.2. The fraction of sp³-hybridized carbons (Fsp3) is 0.0714. The summed E-state index contributed by atoms with van der Waals surface area (Å²) in [4.78, 5) is 8.84. The molecular formula is C14H12N3O3S+. The van der Waals surface area contributed by atoms with Crippen molar-refractivity contribution in [3.05, 3.63) is 55.0 Å². The summed E-state index contributed by atoms with van der Waals surface area (Å²) < 4.78 is 31.8. The van der Waals surface area contributed by atoms with Gasteiger partial charge in [0.15, 0.2) is 12.4 Å². The number of fused-ring (bicyclic) bond motifs is 1. The predicted octanol–water partition coefficient (Wildman–Crippen LogP) is 1.43. The van der Waals surface area contributed by atoms with Crippen LogP contribution in [0.15, 0.2) is 55.0 Å². The largest absolute Gasteiger partial charge is 0.326 e. The third-order valence-corrected chi connectivity index (χ3v) is 3.57. The molecule has 7 heteroatoms. The molecule has 0 amide bonds. The molecule has 1 N–H and O–H groups in total. The summed E-state index contributed by atoms with van der Waals surface area (Å²) in [6.07, 6.45) is 4.81. The normalized spacial score (nSPS) is 11.7. The number of nitrogens with zero attached hydrogens (tertiary/aromatic N) is 3. The van der Waals surface area contributed by atoms with Gasteiger partial charge in [-0.2, -0.15) is 13.0 Å². The van der Waals surface area contributed by atoms with Gasteiger partial charge in [0.2, 0.25) is 0 Å². The van der Waals surface area contributed by atoms with E-state index in [1.165, 1.54) is 4.57 Å². The average Bonchev–Trinajstić information content (AvgIpc) is 2.46. The summed E-state index contributed by atoms with van der Waals surface area (Å²) in [5.41, 5.74) is 3.14. The quantitative estimate of drug-likeness (QED) is 0.584. The highest BCUT2D eigenvalue weighted by Gasteiger charge is 2.13. The van der Waals surface area contributed by atoms with Crippen LogP contribution in [0.4, 0.5) is 0 Å². The molecule has 3 rings (SSSR count). The minimum absolute atomic E-state index is 0.476. The summed E-state index contributed by atoms with van der Waals surface area (Å²) in [5, 5.41) is 0. The molecule has 1 aromatic carbocycles. The lowest BCUT2D eigenvalue weighted by molar-refractivity contribution is -0.678. The zero-order valence-corrected chi connectivity index (χ0v) is 11.7. The third-order valence-electron chi connectivity index (χ3n) is 2.95. The number of benzene rings is 1. The first-order chi connectivity index (χ1) is 10.0. The van der Waals surface area contributed by atoms with Crippen LogP contribution in [0.1, 0.15) is 0 Å². The number of hydrogen-bond donors (Lipinski definition) is 1. The van der Waals surface area contributed by atoms with Crippen molar-refractivity contribution in [3.63, 3.8) is 0 Å². The Bertz CT molecular complexity index is 893. The molecule has 0 saturated carbocycles. The molecule has 0 saturated heterocycles. The molecule has 0 spiro atoms. The highest BCUT2D eigenvalue weighted by Crippen LogP contribution is 2.17. The fourth-order valence-electron chi connectivity index (χ4n) is 2.00. The fourth-order valence-corrected chi connectivity index (χ4v) is 2.55. The second kappa shape index (κ2) is 5.19. The van der Waals surface area contributed by atoms with Gasteiger partial charge in [-0.15, -0.1) is 0 Å². The SMILES string of the molecule is O=S(=O)(O)C[n+]1ccc(-c2cnc3ccccc3n2)cc1. The summed E-state index contributed by atoms with van der Waals surface area (Å²) in [7, 11) is -4.05. The predicted molar refractivity (Wildman–Crippen MR) is 76.7 cm³/mol. The molecule has 0 aliphatic heterocycles. The average molecular weight is 302 g/mol. The molecule has 0 aliphatic rings. The molecule has 0 aliphatic carbocycles. The molecule has 0 radical (unpaired) electrons. The van der Waals surface area contributed by atoms with E-state index in [1.807, 2.05) is 24.3 Å². The second-order valence-electron chi connectivity index (χ2n) is 4.56. The summed E-state index contributed by atoms with van der Waals surface area (Å²) in [6.45, 7) is 0. The van der Waals surface area contributed by atoms with E-state index in [-0.39, 0.29) is 0 Å². The Morgan fingerprint density at radius 2 is 1.71 bits per heavy atom. The van der Waals surface area contributed by atoms with E-state index >= 15 is 0 Å². The van der Waals surface area contributed by atoms with Gasteiger partial charge in [0, 0.05) is 17.7 Å². The van der Waals surface area contributed by atoms with Crippen LogP contribution in [0.5, 0.6) is 0 Å². The molecule has 106 valence electrons. The van der Waals surface area contributed by atoms with Crippen LogP contribution in [0.3, 0.4) is 0 Å². The Morgan fingerprint density at radius 3 is 2.38 bits per heavy atom. The van der Waals surface area contributed by atoms with Crippen LogP contribution in [-0.4, -0.2) is 22.9 Å². The maximum Gasteiger partial charge on any atom is 0.326 e. The molecule has 2 aromatic heterocycles. The molecule has 0 atom stereocenters. The molecular weight excluding hydrogens is 290 g/mol. The minimum Gasteiger partial charge on any atom is -0.281 e. The van der Waals surface area contributed by atoms with Crippen LogP contribution in [-0.2, 0) is 16.0 Å². The van der Waals surface area contributed by atoms with Gasteiger partial charge in [-0.25, -0.2) is 4.98 Å². The Hall–Kier alpha value is -2.38. The lowest BCUT2D eigenvalue weighted by Crippen LogP contribution is -2.36. The van der Waals surface area contributed by atoms with E-state index < -0.39 is 16.0 Å². The Labute approximate surface area is 121 Å². The van der Waals surface area contributed by atoms with E-state index in [9.17, 15) is 8.42 Å². The zero-order chi connectivity index (χ0) is 14.9. The van der Waals surface area contributed by atoms with Crippen molar-refractivity contribution in [2.24, 2.45) is 0 Å². The lowest BCUT2D eigenvalue weighted by Gasteiger charge is -2.02. The van der Waals surface area contributed by atoms with Crippen LogP contribution in [0, 0.1) is 0 Å². The van der Waals surface area contributed by atoms with Crippen molar-refractivity contribution in [1.29, 1.82) is 0 Å². The number of rotatable bonds is 3. The van der Waals surface area contributed by atoms with Gasteiger partial charge in [0.25, 0.3) is 5.88 Å². The first-order valence-corrected chi connectivity index (χ1v) is 7.79. The first-order valence-electron chi connectivity index (χ1n) is 6.18. The Kier molecular flexibility index (Phi) is 3.36. The molecule has 2 heterocycles. The van der Waals surface area contributed by atoms with E-state index in [2.05, 4.69) is 9.97 Å². The third kappa shape index (κ3) is 3.21. The highest BCUT2D eigenvalue weighted by molar-refractivity contribution is 7.84. The minimum atomic E-state index is -4.05. The van der Waals surface area contributed by atoms with Gasteiger partial charge in [-0.1, -0.05) is 12.1 Å². The zero-order valence-electron chi connectivity index (χ0n) is 10.9. The van der Waals surface area contributed by atoms with Crippen molar-refractivity contribution < 1.29 is 17.5 Å². The Morgan fingerprint density at radius 1 is 1.05 bits per heavy atom. The summed E-state index contributed by atoms with van der Waals surface area (Å²) in [5.74, 6) is -0.476. The van der Waals surface area contributed by atoms with Crippen LogP contribution >= 0.6 is 0 Å². The first kappa shape index (κ1) is 13.6. The van der Waals surface area contributed by atoms with Gasteiger partial charge >= 0.3 is 10.1 Å². The van der Waals surface area contributed by atoms with Crippen LogP contribution in [0.25, 0.3) is 22.3 Å². The Balaban J connectivity index is 1.95. The molecule has 0 unspecified atom stereocenters. The van der Waals surface area contributed by atoms with E-state index in [0.717, 1.165) is 16.6 Å². The maximum atomic E-state index is 10.8. The van der Waals surface area contributed by atoms with Crippen molar-refractivity contribution >= 4 is 21.2 Å². The number of para-hydroxylation sites is 2. The number of hydrogen-bond acceptors (Lipinski definition) is 4. The van der Waals surface area contributed by atoms with E-state index in [1.54, 1.807) is 30.7 Å². The summed E-state index contributed by atoms with van der Waals surface area (Å²) >= 11 is 0. The number of aromatic nitrogens is 3. The molecule has 6 nitrogen and oxygen atoms in total. The maximum absolute atomic E-state index is 10.8. The second-order valence-corrected chi connectivity index (χ2v) is 5.98. The number of pyridine rings is 1. The van der Waals surface area contributed by atoms with Crippen molar-refractivity contribution in [3.8, 4) is 11.3 Å². The molecule has 0 fully saturated rings. The lowest BCUT2D eigenvalue weighted by atomic mass is 10.2.